The van der Waals surface area contributed by atoms with E-state index in [4.69, 9.17) is 9.90 Å². The largest absolute Gasteiger partial charge is 0.490 e. The van der Waals surface area contributed by atoms with Gasteiger partial charge in [-0.1, -0.05) is 28.1 Å². The minimum Gasteiger partial charge on any atom is -0.475 e. The van der Waals surface area contributed by atoms with Gasteiger partial charge in [0.05, 0.1) is 6.04 Å². The molecule has 0 amide bonds. The van der Waals surface area contributed by atoms with Gasteiger partial charge in [-0.05, 0) is 38.1 Å². The van der Waals surface area contributed by atoms with Crippen molar-refractivity contribution in [3.63, 3.8) is 0 Å². The molecule has 2 aliphatic rings. The molecule has 3 rings (SSSR count). The third-order valence-electron chi connectivity index (χ3n) is 3.96. The lowest BCUT2D eigenvalue weighted by Gasteiger charge is -2.31. The van der Waals surface area contributed by atoms with Gasteiger partial charge in [0.1, 0.15) is 0 Å². The van der Waals surface area contributed by atoms with Crippen molar-refractivity contribution in [2.75, 3.05) is 13.1 Å². The number of hydrogen-bond acceptors (Lipinski definition) is 6. The molecule has 1 atom stereocenters. The number of aldehydes is 1. The molecule has 7 nitrogen and oxygen atoms in total. The Morgan fingerprint density at radius 2 is 1.81 bits per heavy atom. The number of alkyl halides is 3. The first-order valence-corrected chi connectivity index (χ1v) is 8.87. The van der Waals surface area contributed by atoms with Crippen LogP contribution in [0.1, 0.15) is 18.4 Å². The number of aliphatic carboxylic acids is 1. The molecule has 0 spiro atoms. The van der Waals surface area contributed by atoms with E-state index in [2.05, 4.69) is 31.7 Å². The maximum atomic E-state index is 11.3. The van der Waals surface area contributed by atoms with Crippen molar-refractivity contribution in [2.24, 2.45) is 5.10 Å². The van der Waals surface area contributed by atoms with Crippen molar-refractivity contribution in [1.29, 1.82) is 0 Å². The Hall–Kier alpha value is -2.14. The maximum absolute atomic E-state index is 11.3. The fourth-order valence-electron chi connectivity index (χ4n) is 2.64. The van der Waals surface area contributed by atoms with Crippen LogP contribution >= 0.6 is 15.9 Å². The zero-order chi connectivity index (χ0) is 20.0. The summed E-state index contributed by atoms with van der Waals surface area (Å²) in [6.45, 7) is 1.96. The summed E-state index contributed by atoms with van der Waals surface area (Å²) in [6, 6.07) is 8.26. The average Bonchev–Trinajstić information content (AvgIpc) is 3.07. The van der Waals surface area contributed by atoms with Gasteiger partial charge in [0, 0.05) is 10.0 Å². The molecule has 0 radical (unpaired) electrons. The number of amidine groups is 1. The number of hydrazone groups is 1. The van der Waals surface area contributed by atoms with Crippen molar-refractivity contribution < 1.29 is 27.9 Å². The number of halogens is 4. The molecule has 3 N–H and O–H groups in total. The van der Waals surface area contributed by atoms with Crippen molar-refractivity contribution in [3.8, 4) is 0 Å². The highest BCUT2D eigenvalue weighted by Crippen LogP contribution is 2.20. The Bertz CT molecular complexity index is 691. The Kier molecular flexibility index (Phi) is 7.19. The molecule has 0 aromatic heterocycles. The van der Waals surface area contributed by atoms with Crippen LogP contribution in [-0.4, -0.2) is 59.7 Å². The number of carbonyl (C=O) groups is 2. The number of benzene rings is 1. The molecule has 2 aliphatic heterocycles. The van der Waals surface area contributed by atoms with Gasteiger partial charge < -0.3 is 15.7 Å². The summed E-state index contributed by atoms with van der Waals surface area (Å²) in [4.78, 5) is 20.2. The molecular formula is C16H18BrF3N4O3. The van der Waals surface area contributed by atoms with Crippen LogP contribution in [-0.2, 0) is 9.59 Å². The van der Waals surface area contributed by atoms with E-state index in [-0.39, 0.29) is 6.17 Å². The van der Waals surface area contributed by atoms with Gasteiger partial charge in [-0.15, -0.1) is 0 Å². The third kappa shape index (κ3) is 5.93. The third-order valence-corrected chi connectivity index (χ3v) is 4.49. The molecule has 1 unspecified atom stereocenters. The first kappa shape index (κ1) is 21.2. The van der Waals surface area contributed by atoms with Gasteiger partial charge in [0.15, 0.2) is 18.3 Å². The highest BCUT2D eigenvalue weighted by Gasteiger charge is 2.38. The zero-order valence-electron chi connectivity index (χ0n) is 14.0. The monoisotopic (exact) mass is 450 g/mol. The van der Waals surface area contributed by atoms with Crippen LogP contribution in [0.3, 0.4) is 0 Å². The predicted molar refractivity (Wildman–Crippen MR) is 95.1 cm³/mol. The summed E-state index contributed by atoms with van der Waals surface area (Å²) in [7, 11) is 0. The standard InChI is InChI=1S/C14H17BrN4O.C2HF3O2/c15-11-3-1-10(2-4-11)14-17-13(9-20)19(18-14)12-5-7-16-8-6-12;3-2(4,5)1(6)7/h1-4,9,12-13,16H,5-8H2,(H,17,18);(H,6,7). The molecule has 1 saturated heterocycles. The van der Waals surface area contributed by atoms with Crippen LogP contribution in [0.2, 0.25) is 0 Å². The van der Waals surface area contributed by atoms with Crippen LogP contribution in [0, 0.1) is 0 Å². The van der Waals surface area contributed by atoms with E-state index < -0.39 is 12.1 Å². The molecule has 1 aromatic carbocycles. The van der Waals surface area contributed by atoms with Gasteiger partial charge in [-0.2, -0.15) is 18.3 Å². The normalized spacial score (nSPS) is 20.2. The second-order valence-electron chi connectivity index (χ2n) is 5.84. The second kappa shape index (κ2) is 9.18. The smallest absolute Gasteiger partial charge is 0.475 e. The fraction of sp³-hybridized carbons (Fsp3) is 0.438. The maximum Gasteiger partial charge on any atom is 0.490 e. The number of piperidine rings is 1. The van der Waals surface area contributed by atoms with E-state index in [1.165, 1.54) is 0 Å². The first-order chi connectivity index (χ1) is 12.7. The average molecular weight is 451 g/mol. The summed E-state index contributed by atoms with van der Waals surface area (Å²) >= 11 is 3.42. The van der Waals surface area contributed by atoms with Gasteiger partial charge in [0.25, 0.3) is 0 Å². The van der Waals surface area contributed by atoms with Crippen molar-refractivity contribution in [1.82, 2.24) is 15.6 Å². The number of nitrogens with one attached hydrogen (secondary N) is 2. The molecule has 11 heteroatoms. The number of rotatable bonds is 3. The van der Waals surface area contributed by atoms with Crippen LogP contribution in [0.4, 0.5) is 13.2 Å². The SMILES string of the molecule is O=C(O)C(F)(F)F.O=CC1NC(c2ccc(Br)cc2)=NN1C1CCNCC1. The van der Waals surface area contributed by atoms with E-state index in [1.807, 2.05) is 29.3 Å². The van der Waals surface area contributed by atoms with E-state index in [0.29, 0.717) is 6.04 Å². The second-order valence-corrected chi connectivity index (χ2v) is 6.76. The van der Waals surface area contributed by atoms with Crippen LogP contribution in [0.25, 0.3) is 0 Å². The van der Waals surface area contributed by atoms with Gasteiger partial charge in [-0.3, -0.25) is 9.80 Å². The molecule has 0 bridgehead atoms. The number of nitrogens with zero attached hydrogens (tertiary/aromatic N) is 2. The van der Waals surface area contributed by atoms with E-state index in [1.54, 1.807) is 0 Å². The quantitative estimate of drug-likeness (QED) is 0.609. The molecule has 1 fully saturated rings. The number of hydrogen-bond donors (Lipinski definition) is 3. The van der Waals surface area contributed by atoms with E-state index >= 15 is 0 Å². The van der Waals surface area contributed by atoms with Gasteiger partial charge in [-0.25, -0.2) is 4.79 Å². The number of carboxylic acid groups (broad SMARTS) is 1. The fourth-order valence-corrected chi connectivity index (χ4v) is 2.90. The Labute approximate surface area is 161 Å². The van der Waals surface area contributed by atoms with E-state index in [0.717, 1.165) is 48.1 Å². The molecule has 1 aromatic rings. The predicted octanol–water partition coefficient (Wildman–Crippen LogP) is 1.93. The van der Waals surface area contributed by atoms with E-state index in [9.17, 15) is 18.0 Å². The summed E-state index contributed by atoms with van der Waals surface area (Å²) in [5.41, 5.74) is 0.997. The van der Waals surface area contributed by atoms with Crippen molar-refractivity contribution in [3.05, 3.63) is 34.3 Å². The van der Waals surface area contributed by atoms with Gasteiger partial charge in [0.2, 0.25) is 0 Å². The summed E-state index contributed by atoms with van der Waals surface area (Å²) < 4.78 is 32.8. The van der Waals surface area contributed by atoms with Crippen LogP contribution in [0.5, 0.6) is 0 Å². The Morgan fingerprint density at radius 3 is 2.30 bits per heavy atom. The lowest BCUT2D eigenvalue weighted by atomic mass is 10.1. The van der Waals surface area contributed by atoms with Crippen LogP contribution in [0.15, 0.2) is 33.8 Å². The molecule has 0 aliphatic carbocycles. The topological polar surface area (TPSA) is 94.0 Å². The Morgan fingerprint density at radius 1 is 1.26 bits per heavy atom. The molecule has 0 saturated carbocycles. The summed E-state index contributed by atoms with van der Waals surface area (Å²) in [5, 5.41) is 20.2. The molecule has 2 heterocycles. The summed E-state index contributed by atoms with van der Waals surface area (Å²) in [5.74, 6) is -1.99. The summed E-state index contributed by atoms with van der Waals surface area (Å²) in [6.07, 6.45) is -2.47. The molecular weight excluding hydrogens is 433 g/mol. The first-order valence-electron chi connectivity index (χ1n) is 8.08. The molecule has 148 valence electrons. The van der Waals surface area contributed by atoms with Crippen LogP contribution < -0.4 is 10.6 Å². The molecule has 27 heavy (non-hydrogen) atoms. The lowest BCUT2D eigenvalue weighted by molar-refractivity contribution is -0.192. The van der Waals surface area contributed by atoms with Crippen molar-refractivity contribution >= 4 is 34.0 Å². The van der Waals surface area contributed by atoms with Gasteiger partial charge >= 0.3 is 12.1 Å². The lowest BCUT2D eigenvalue weighted by Crippen LogP contribution is -2.48. The zero-order valence-corrected chi connectivity index (χ0v) is 15.6. The highest BCUT2D eigenvalue weighted by atomic mass is 79.9. The number of carboxylic acids is 1. The highest BCUT2D eigenvalue weighted by molar-refractivity contribution is 9.10. The number of carbonyl (C=O) groups excluding carboxylic acids is 1. The minimum atomic E-state index is -5.08. The minimum absolute atomic E-state index is 0.326. The van der Waals surface area contributed by atoms with Crippen molar-refractivity contribution in [2.45, 2.75) is 31.2 Å². The Balaban J connectivity index is 0.000000321.